The molecule has 25 heavy (non-hydrogen) atoms. The van der Waals surface area contributed by atoms with E-state index in [1.807, 2.05) is 5.32 Å². The van der Waals surface area contributed by atoms with E-state index in [1.54, 1.807) is 12.1 Å². The molecule has 0 saturated carbocycles. The smallest absolute Gasteiger partial charge is 0.330 e. The number of nitrogens with one attached hydrogen (secondary N) is 2. The van der Waals surface area contributed by atoms with Crippen molar-refractivity contribution in [3.05, 3.63) is 24.2 Å². The quantitative estimate of drug-likeness (QED) is 0.747. The molecule has 0 aromatic carbocycles. The second kappa shape index (κ2) is 8.06. The van der Waals surface area contributed by atoms with Crippen molar-refractivity contribution in [1.29, 1.82) is 0 Å². The Morgan fingerprint density at radius 2 is 2.12 bits per heavy atom. The zero-order valence-electron chi connectivity index (χ0n) is 14.0. The first-order chi connectivity index (χ1) is 11.8. The van der Waals surface area contributed by atoms with Crippen LogP contribution in [0.3, 0.4) is 0 Å². The molecule has 136 valence electrons. The fourth-order valence-electron chi connectivity index (χ4n) is 2.31. The summed E-state index contributed by atoms with van der Waals surface area (Å²) < 4.78 is 10.4. The first kappa shape index (κ1) is 18.8. The van der Waals surface area contributed by atoms with E-state index in [1.165, 1.54) is 43.8 Å². The van der Waals surface area contributed by atoms with Crippen LogP contribution in [0.15, 0.2) is 22.8 Å². The van der Waals surface area contributed by atoms with Gasteiger partial charge in [0.1, 0.15) is 17.2 Å². The van der Waals surface area contributed by atoms with Crippen molar-refractivity contribution in [2.75, 3.05) is 12.8 Å². The van der Waals surface area contributed by atoms with Crippen LogP contribution in [0, 0.1) is 0 Å². The van der Waals surface area contributed by atoms with Gasteiger partial charge in [-0.2, -0.15) is 0 Å². The molecule has 1 fully saturated rings. The van der Waals surface area contributed by atoms with Crippen LogP contribution in [0.25, 0.3) is 0 Å². The Kier molecular flexibility index (Phi) is 6.07. The number of hydrogen-bond acceptors (Lipinski definition) is 7. The standard InChI is InChI=1S/C15H19N3O6S/c1-8(12(20)17-15(22)16-3)24-14(21)10-7-25-13(18(10)9(2)19)11-5-4-6-23-11/h4-6,8,10,13H,7H2,1-3H3,(H2,16,17,20,22)/t8-,10-,13+/m0/s1. The summed E-state index contributed by atoms with van der Waals surface area (Å²) in [5.74, 6) is -0.906. The van der Waals surface area contributed by atoms with Gasteiger partial charge in [-0.05, 0) is 19.1 Å². The second-order valence-electron chi connectivity index (χ2n) is 5.29. The van der Waals surface area contributed by atoms with Crippen molar-refractivity contribution < 1.29 is 28.3 Å². The highest BCUT2D eigenvalue weighted by Crippen LogP contribution is 2.41. The van der Waals surface area contributed by atoms with E-state index in [-0.39, 0.29) is 5.91 Å². The van der Waals surface area contributed by atoms with Gasteiger partial charge in [-0.15, -0.1) is 11.8 Å². The van der Waals surface area contributed by atoms with Gasteiger partial charge in [-0.1, -0.05) is 0 Å². The number of nitrogens with zero attached hydrogens (tertiary/aromatic N) is 1. The Morgan fingerprint density at radius 1 is 1.40 bits per heavy atom. The monoisotopic (exact) mass is 369 g/mol. The highest BCUT2D eigenvalue weighted by atomic mass is 32.2. The van der Waals surface area contributed by atoms with Crippen molar-refractivity contribution >= 4 is 35.6 Å². The van der Waals surface area contributed by atoms with E-state index in [4.69, 9.17) is 9.15 Å². The third-order valence-corrected chi connectivity index (χ3v) is 4.83. The van der Waals surface area contributed by atoms with Gasteiger partial charge in [0.05, 0.1) is 6.26 Å². The first-order valence-electron chi connectivity index (χ1n) is 7.52. The third kappa shape index (κ3) is 4.32. The molecule has 1 saturated heterocycles. The lowest BCUT2D eigenvalue weighted by Crippen LogP contribution is -2.47. The summed E-state index contributed by atoms with van der Waals surface area (Å²) in [5, 5.41) is 3.82. The number of furan rings is 1. The average Bonchev–Trinajstić information content (AvgIpc) is 3.22. The Balaban J connectivity index is 2.04. The number of imide groups is 1. The van der Waals surface area contributed by atoms with Gasteiger partial charge < -0.3 is 19.4 Å². The van der Waals surface area contributed by atoms with Gasteiger partial charge in [0.25, 0.3) is 5.91 Å². The number of carbonyl (C=O) groups is 4. The lowest BCUT2D eigenvalue weighted by atomic mass is 10.2. The zero-order valence-corrected chi connectivity index (χ0v) is 14.8. The molecule has 0 unspecified atom stereocenters. The highest BCUT2D eigenvalue weighted by Gasteiger charge is 2.43. The topological polar surface area (TPSA) is 118 Å². The van der Waals surface area contributed by atoms with E-state index in [9.17, 15) is 19.2 Å². The van der Waals surface area contributed by atoms with Crippen LogP contribution in [0.5, 0.6) is 0 Å². The lowest BCUT2D eigenvalue weighted by Gasteiger charge is -2.26. The van der Waals surface area contributed by atoms with Crippen molar-refractivity contribution in [3.63, 3.8) is 0 Å². The van der Waals surface area contributed by atoms with Gasteiger partial charge in [-0.3, -0.25) is 14.9 Å². The Morgan fingerprint density at radius 3 is 2.68 bits per heavy atom. The summed E-state index contributed by atoms with van der Waals surface area (Å²) in [7, 11) is 1.36. The van der Waals surface area contributed by atoms with Gasteiger partial charge >= 0.3 is 12.0 Å². The minimum absolute atomic E-state index is 0.309. The molecule has 2 N–H and O–H groups in total. The molecule has 0 spiro atoms. The van der Waals surface area contributed by atoms with Gasteiger partial charge in [0, 0.05) is 19.7 Å². The molecule has 4 amide bonds. The van der Waals surface area contributed by atoms with E-state index < -0.39 is 35.4 Å². The van der Waals surface area contributed by atoms with Crippen molar-refractivity contribution in [1.82, 2.24) is 15.5 Å². The van der Waals surface area contributed by atoms with Crippen molar-refractivity contribution in [2.24, 2.45) is 0 Å². The van der Waals surface area contributed by atoms with Gasteiger partial charge in [0.2, 0.25) is 5.91 Å². The number of rotatable bonds is 4. The Hall–Kier alpha value is -2.49. The molecule has 1 aromatic heterocycles. The normalized spacial score (nSPS) is 20.7. The zero-order chi connectivity index (χ0) is 18.6. The summed E-state index contributed by atoms with van der Waals surface area (Å²) in [4.78, 5) is 48.7. The predicted octanol–water partition coefficient (Wildman–Crippen LogP) is 0.629. The molecular formula is C15H19N3O6S. The minimum Gasteiger partial charge on any atom is -0.466 e. The highest BCUT2D eigenvalue weighted by molar-refractivity contribution is 7.99. The first-order valence-corrected chi connectivity index (χ1v) is 8.57. The van der Waals surface area contributed by atoms with Crippen LogP contribution in [0.4, 0.5) is 4.79 Å². The summed E-state index contributed by atoms with van der Waals surface area (Å²) in [5.41, 5.74) is 0. The third-order valence-electron chi connectivity index (χ3n) is 3.55. The molecule has 1 aromatic rings. The molecule has 1 aliphatic rings. The van der Waals surface area contributed by atoms with Gasteiger partial charge in [0.15, 0.2) is 6.10 Å². The number of amides is 4. The minimum atomic E-state index is -1.17. The largest absolute Gasteiger partial charge is 0.466 e. The number of carbonyl (C=O) groups excluding carboxylic acids is 4. The number of ether oxygens (including phenoxy) is 1. The van der Waals surface area contributed by atoms with Gasteiger partial charge in [-0.25, -0.2) is 9.59 Å². The molecule has 2 rings (SSSR count). The van der Waals surface area contributed by atoms with Crippen LogP contribution < -0.4 is 10.6 Å². The molecule has 1 aliphatic heterocycles. The Bertz CT molecular complexity index is 662. The number of esters is 1. The predicted molar refractivity (Wildman–Crippen MR) is 88.4 cm³/mol. The van der Waals surface area contributed by atoms with Crippen LogP contribution in [0.1, 0.15) is 25.0 Å². The lowest BCUT2D eigenvalue weighted by molar-refractivity contribution is -0.161. The van der Waals surface area contributed by atoms with Crippen LogP contribution in [0.2, 0.25) is 0 Å². The molecule has 9 nitrogen and oxygen atoms in total. The van der Waals surface area contributed by atoms with Crippen LogP contribution >= 0.6 is 11.8 Å². The number of thioether (sulfide) groups is 1. The summed E-state index contributed by atoms with van der Waals surface area (Å²) >= 11 is 1.37. The Labute approximate surface area is 148 Å². The molecule has 0 aliphatic carbocycles. The van der Waals surface area contributed by atoms with Crippen molar-refractivity contribution in [3.8, 4) is 0 Å². The molecule has 2 heterocycles. The second-order valence-corrected chi connectivity index (χ2v) is 6.40. The molecular weight excluding hydrogens is 350 g/mol. The van der Waals surface area contributed by atoms with E-state index in [0.717, 1.165) is 0 Å². The summed E-state index contributed by atoms with van der Waals surface area (Å²) in [6, 6.07) is 1.88. The SMILES string of the molecule is CNC(=O)NC(=O)[C@H](C)OC(=O)[C@@H]1CS[C@H](c2ccco2)N1C(C)=O. The molecule has 0 radical (unpaired) electrons. The van der Waals surface area contributed by atoms with E-state index in [2.05, 4.69) is 5.32 Å². The number of hydrogen-bond donors (Lipinski definition) is 2. The van der Waals surface area contributed by atoms with E-state index in [0.29, 0.717) is 11.5 Å². The maximum Gasteiger partial charge on any atom is 0.330 e. The van der Waals surface area contributed by atoms with E-state index >= 15 is 0 Å². The fourth-order valence-corrected chi connectivity index (χ4v) is 3.72. The fraction of sp³-hybridized carbons (Fsp3) is 0.467. The maximum atomic E-state index is 12.4. The number of urea groups is 1. The molecule has 3 atom stereocenters. The molecule has 10 heteroatoms. The average molecular weight is 369 g/mol. The van der Waals surface area contributed by atoms with Crippen molar-refractivity contribution in [2.45, 2.75) is 31.4 Å². The van der Waals surface area contributed by atoms with Crippen LogP contribution in [-0.4, -0.2) is 53.7 Å². The maximum absolute atomic E-state index is 12.4. The van der Waals surface area contributed by atoms with Crippen LogP contribution in [-0.2, 0) is 19.1 Å². The summed E-state index contributed by atoms with van der Waals surface area (Å²) in [6.07, 6.45) is 0.316. The summed E-state index contributed by atoms with van der Waals surface area (Å²) in [6.45, 7) is 2.70. The molecule has 0 bridgehead atoms.